The Hall–Kier alpha value is -2.75. The predicted molar refractivity (Wildman–Crippen MR) is 77.7 cm³/mol. The summed E-state index contributed by atoms with van der Waals surface area (Å²) in [6.07, 6.45) is 0. The third kappa shape index (κ3) is 1.93. The second-order valence-electron chi connectivity index (χ2n) is 4.29. The van der Waals surface area contributed by atoms with E-state index in [4.69, 9.17) is 11.6 Å². The number of anilines is 1. The average molecular weight is 250 g/mol. The van der Waals surface area contributed by atoms with Gasteiger partial charge in [-0.3, -0.25) is 0 Å². The summed E-state index contributed by atoms with van der Waals surface area (Å²) in [6.45, 7) is 0. The molecule has 4 N–H and O–H groups in total. The summed E-state index contributed by atoms with van der Waals surface area (Å²) in [5.41, 5.74) is 9.72. The highest BCUT2D eigenvalue weighted by Gasteiger charge is 2.17. The van der Waals surface area contributed by atoms with E-state index in [9.17, 15) is 0 Å². The Morgan fingerprint density at radius 1 is 0.789 bits per heavy atom. The third-order valence-corrected chi connectivity index (χ3v) is 3.06. The van der Waals surface area contributed by atoms with E-state index in [1.54, 1.807) is 0 Å². The molecule has 0 radical (unpaired) electrons. The maximum absolute atomic E-state index is 6.05. The highest BCUT2D eigenvalue weighted by molar-refractivity contribution is 5.88. The molecule has 19 heavy (non-hydrogen) atoms. The molecule has 1 heterocycles. The van der Waals surface area contributed by atoms with Gasteiger partial charge in [-0.15, -0.1) is 0 Å². The van der Waals surface area contributed by atoms with Crippen LogP contribution >= 0.6 is 0 Å². The SMILES string of the molecule is Nc1c(-c2ccccc2)c(-c2ccccc2)nn1N. The number of hydrogen-bond acceptors (Lipinski definition) is 3. The number of nitrogens with two attached hydrogens (primary N) is 2. The van der Waals surface area contributed by atoms with Crippen molar-refractivity contribution in [3.05, 3.63) is 60.7 Å². The molecule has 0 amide bonds. The van der Waals surface area contributed by atoms with E-state index in [1.165, 1.54) is 4.79 Å². The molecule has 2 aromatic carbocycles. The zero-order valence-corrected chi connectivity index (χ0v) is 10.3. The zero-order chi connectivity index (χ0) is 13.2. The summed E-state index contributed by atoms with van der Waals surface area (Å²) >= 11 is 0. The van der Waals surface area contributed by atoms with Crippen molar-refractivity contribution in [2.24, 2.45) is 0 Å². The van der Waals surface area contributed by atoms with Crippen LogP contribution in [-0.4, -0.2) is 9.89 Å². The van der Waals surface area contributed by atoms with Gasteiger partial charge in [0.2, 0.25) is 0 Å². The topological polar surface area (TPSA) is 69.9 Å². The molecule has 0 saturated heterocycles. The molecule has 94 valence electrons. The lowest BCUT2D eigenvalue weighted by Gasteiger charge is -2.03. The maximum Gasteiger partial charge on any atom is 0.153 e. The van der Waals surface area contributed by atoms with Gasteiger partial charge >= 0.3 is 0 Å². The zero-order valence-electron chi connectivity index (χ0n) is 10.3. The summed E-state index contributed by atoms with van der Waals surface area (Å²) in [5.74, 6) is 6.26. The molecule has 0 unspecified atom stereocenters. The molecule has 4 heteroatoms. The number of aromatic nitrogens is 2. The molecule has 0 aliphatic rings. The van der Waals surface area contributed by atoms with Crippen LogP contribution in [0.2, 0.25) is 0 Å². The molecule has 0 aliphatic heterocycles. The fourth-order valence-electron chi connectivity index (χ4n) is 2.13. The van der Waals surface area contributed by atoms with Crippen molar-refractivity contribution in [2.45, 2.75) is 0 Å². The van der Waals surface area contributed by atoms with Gasteiger partial charge in [0.05, 0.1) is 5.56 Å². The lowest BCUT2D eigenvalue weighted by Crippen LogP contribution is -2.13. The molecular weight excluding hydrogens is 236 g/mol. The second kappa shape index (κ2) is 4.49. The highest BCUT2D eigenvalue weighted by atomic mass is 15.5. The molecule has 0 bridgehead atoms. The maximum atomic E-state index is 6.05. The minimum atomic E-state index is 0.463. The lowest BCUT2D eigenvalue weighted by atomic mass is 10.0. The van der Waals surface area contributed by atoms with Crippen LogP contribution in [0, 0.1) is 0 Å². The number of benzene rings is 2. The van der Waals surface area contributed by atoms with E-state index in [1.807, 2.05) is 60.7 Å². The van der Waals surface area contributed by atoms with Crippen molar-refractivity contribution < 1.29 is 0 Å². The number of hydrogen-bond donors (Lipinski definition) is 2. The Labute approximate surface area is 111 Å². The van der Waals surface area contributed by atoms with Gasteiger partial charge in [0.15, 0.2) is 5.82 Å². The molecule has 3 rings (SSSR count). The van der Waals surface area contributed by atoms with E-state index in [0.717, 1.165) is 22.4 Å². The van der Waals surface area contributed by atoms with E-state index in [0.29, 0.717) is 5.82 Å². The Kier molecular flexibility index (Phi) is 2.68. The average Bonchev–Trinajstić information content (AvgIpc) is 2.77. The molecule has 0 fully saturated rings. The van der Waals surface area contributed by atoms with E-state index in [2.05, 4.69) is 5.10 Å². The van der Waals surface area contributed by atoms with Gasteiger partial charge in [-0.2, -0.15) is 9.89 Å². The first kappa shape index (κ1) is 11.3. The molecule has 3 aromatic rings. The van der Waals surface area contributed by atoms with Crippen LogP contribution in [0.5, 0.6) is 0 Å². The first-order valence-corrected chi connectivity index (χ1v) is 6.02. The van der Waals surface area contributed by atoms with Gasteiger partial charge in [-0.05, 0) is 5.56 Å². The first-order valence-electron chi connectivity index (χ1n) is 6.02. The number of nitrogen functional groups attached to an aromatic ring is 2. The van der Waals surface area contributed by atoms with E-state index >= 15 is 0 Å². The number of rotatable bonds is 2. The smallest absolute Gasteiger partial charge is 0.153 e. The minimum absolute atomic E-state index is 0.463. The molecular formula is C15H14N4. The van der Waals surface area contributed by atoms with Crippen LogP contribution in [0.25, 0.3) is 22.4 Å². The van der Waals surface area contributed by atoms with E-state index < -0.39 is 0 Å². The van der Waals surface area contributed by atoms with Crippen LogP contribution < -0.4 is 11.6 Å². The fraction of sp³-hybridized carbons (Fsp3) is 0. The molecule has 0 spiro atoms. The van der Waals surface area contributed by atoms with Crippen LogP contribution in [0.15, 0.2) is 60.7 Å². The second-order valence-corrected chi connectivity index (χ2v) is 4.29. The molecule has 0 atom stereocenters. The van der Waals surface area contributed by atoms with Crippen molar-refractivity contribution in [2.75, 3.05) is 11.6 Å². The first-order chi connectivity index (χ1) is 9.27. The predicted octanol–water partition coefficient (Wildman–Crippen LogP) is 2.51. The summed E-state index contributed by atoms with van der Waals surface area (Å²) in [4.78, 5) is 1.23. The fourth-order valence-corrected chi connectivity index (χ4v) is 2.13. The van der Waals surface area contributed by atoms with Gasteiger partial charge in [0.1, 0.15) is 5.69 Å². The van der Waals surface area contributed by atoms with Crippen molar-refractivity contribution in [3.63, 3.8) is 0 Å². The van der Waals surface area contributed by atoms with Gasteiger partial charge in [-0.1, -0.05) is 60.7 Å². The van der Waals surface area contributed by atoms with E-state index in [-0.39, 0.29) is 0 Å². The van der Waals surface area contributed by atoms with Gasteiger partial charge in [-0.25, -0.2) is 0 Å². The Bertz CT molecular complexity index is 687. The van der Waals surface area contributed by atoms with Crippen LogP contribution in [0.1, 0.15) is 0 Å². The van der Waals surface area contributed by atoms with Crippen molar-refractivity contribution in [1.82, 2.24) is 9.89 Å². The minimum Gasteiger partial charge on any atom is -0.382 e. The Balaban J connectivity index is 2.25. The summed E-state index contributed by atoms with van der Waals surface area (Å²) in [7, 11) is 0. The lowest BCUT2D eigenvalue weighted by molar-refractivity contribution is 0.847. The number of nitrogens with zero attached hydrogens (tertiary/aromatic N) is 2. The monoisotopic (exact) mass is 250 g/mol. The Morgan fingerprint density at radius 2 is 1.32 bits per heavy atom. The summed E-state index contributed by atoms with van der Waals surface area (Å²) in [6, 6.07) is 19.8. The van der Waals surface area contributed by atoms with Crippen LogP contribution in [0.3, 0.4) is 0 Å². The van der Waals surface area contributed by atoms with Crippen molar-refractivity contribution in [3.8, 4) is 22.4 Å². The van der Waals surface area contributed by atoms with Gasteiger partial charge < -0.3 is 11.6 Å². The van der Waals surface area contributed by atoms with Gasteiger partial charge in [0.25, 0.3) is 0 Å². The third-order valence-electron chi connectivity index (χ3n) is 3.06. The quantitative estimate of drug-likeness (QED) is 0.686. The molecule has 0 aliphatic carbocycles. The van der Waals surface area contributed by atoms with Gasteiger partial charge in [0, 0.05) is 5.56 Å². The summed E-state index contributed by atoms with van der Waals surface area (Å²) < 4.78 is 0. The Morgan fingerprint density at radius 3 is 1.89 bits per heavy atom. The standard InChI is InChI=1S/C15H14N4/c16-15-13(11-7-3-1-4-8-11)14(18-19(15)17)12-9-5-2-6-10-12/h1-10H,16-17H2. The largest absolute Gasteiger partial charge is 0.382 e. The summed E-state index contributed by atoms with van der Waals surface area (Å²) in [5, 5.41) is 4.33. The normalized spacial score (nSPS) is 10.5. The van der Waals surface area contributed by atoms with Crippen molar-refractivity contribution >= 4 is 5.82 Å². The highest BCUT2D eigenvalue weighted by Crippen LogP contribution is 2.34. The molecule has 4 nitrogen and oxygen atoms in total. The molecule has 1 aromatic heterocycles. The van der Waals surface area contributed by atoms with Crippen LogP contribution in [0.4, 0.5) is 5.82 Å². The van der Waals surface area contributed by atoms with Crippen LogP contribution in [-0.2, 0) is 0 Å². The van der Waals surface area contributed by atoms with Crippen molar-refractivity contribution in [1.29, 1.82) is 0 Å². The molecule has 0 saturated carbocycles.